The summed E-state index contributed by atoms with van der Waals surface area (Å²) in [5, 5.41) is 11.8. The molecule has 2 rings (SSSR count). The Morgan fingerprint density at radius 3 is 2.86 bits per heavy atom. The molecule has 5 nitrogen and oxygen atoms in total. The molecule has 0 bridgehead atoms. The van der Waals surface area contributed by atoms with Crippen molar-refractivity contribution < 1.29 is 14.3 Å². The number of rotatable bonds is 5. The highest BCUT2D eigenvalue weighted by atomic mass is 19.1. The Labute approximate surface area is 123 Å². The Balaban J connectivity index is 1.91. The predicted molar refractivity (Wildman–Crippen MR) is 80.3 cm³/mol. The van der Waals surface area contributed by atoms with Crippen molar-refractivity contribution in [2.45, 2.75) is 31.9 Å². The molecule has 6 heteroatoms. The van der Waals surface area contributed by atoms with Gasteiger partial charge in [0.25, 0.3) is 0 Å². The molecule has 1 aliphatic carbocycles. The van der Waals surface area contributed by atoms with Crippen LogP contribution in [0.1, 0.15) is 19.8 Å². The van der Waals surface area contributed by atoms with Gasteiger partial charge in [0.1, 0.15) is 5.82 Å². The lowest BCUT2D eigenvalue weighted by atomic mass is 9.82. The number of likely N-dealkylation sites (N-methyl/N-ethyl adjacent to an activating group) is 1. The number of amides is 1. The Morgan fingerprint density at radius 2 is 2.24 bits per heavy atom. The van der Waals surface area contributed by atoms with Crippen LogP contribution in [0.25, 0.3) is 0 Å². The molecule has 1 amide bonds. The maximum Gasteiger partial charge on any atom is 0.241 e. The number of hydrogen-bond acceptors (Lipinski definition) is 4. The number of hydrogen-bond donors (Lipinski definition) is 3. The van der Waals surface area contributed by atoms with Crippen LogP contribution in [0.5, 0.6) is 0 Å². The zero-order valence-corrected chi connectivity index (χ0v) is 12.3. The number of aliphatic hydroxyl groups excluding tert-OH is 1. The summed E-state index contributed by atoms with van der Waals surface area (Å²) < 4.78 is 13.6. The summed E-state index contributed by atoms with van der Waals surface area (Å²) >= 11 is 0. The fourth-order valence-electron chi connectivity index (χ4n) is 2.49. The maximum atomic E-state index is 13.6. The fourth-order valence-corrected chi connectivity index (χ4v) is 2.49. The van der Waals surface area contributed by atoms with E-state index in [0.717, 1.165) is 19.4 Å². The Morgan fingerprint density at radius 1 is 1.57 bits per heavy atom. The highest BCUT2D eigenvalue weighted by molar-refractivity contribution is 5.95. The van der Waals surface area contributed by atoms with Gasteiger partial charge in [-0.25, -0.2) is 4.39 Å². The van der Waals surface area contributed by atoms with E-state index in [2.05, 4.69) is 5.32 Å². The molecule has 0 aliphatic heterocycles. The van der Waals surface area contributed by atoms with E-state index in [1.807, 2.05) is 11.9 Å². The lowest BCUT2D eigenvalue weighted by molar-refractivity contribution is -0.120. The average molecular weight is 295 g/mol. The van der Waals surface area contributed by atoms with E-state index in [9.17, 15) is 14.3 Å². The van der Waals surface area contributed by atoms with Crippen molar-refractivity contribution >= 4 is 17.3 Å². The molecule has 1 aromatic rings. The standard InChI is InChI=1S/C15H22FN3O2/c1-9(19(2)8-10-5-12(20)6-10)15(21)18-14-7-11(17)3-4-13(14)16/h3-4,7,9-10,12,20H,5-6,8,17H2,1-2H3,(H,18,21). The molecular weight excluding hydrogens is 273 g/mol. The predicted octanol–water partition coefficient (Wildman–Crippen LogP) is 1.44. The van der Waals surface area contributed by atoms with E-state index in [1.165, 1.54) is 18.2 Å². The number of aliphatic hydroxyl groups is 1. The van der Waals surface area contributed by atoms with E-state index in [4.69, 9.17) is 5.73 Å². The summed E-state index contributed by atoms with van der Waals surface area (Å²) in [5.74, 6) is -0.360. The van der Waals surface area contributed by atoms with Crippen molar-refractivity contribution in [1.82, 2.24) is 4.90 Å². The van der Waals surface area contributed by atoms with Crippen LogP contribution in [0, 0.1) is 11.7 Å². The Kier molecular flexibility index (Phi) is 4.80. The second-order valence-corrected chi connectivity index (χ2v) is 5.84. The van der Waals surface area contributed by atoms with Crippen LogP contribution in [0.2, 0.25) is 0 Å². The monoisotopic (exact) mass is 295 g/mol. The van der Waals surface area contributed by atoms with Crippen molar-refractivity contribution in [1.29, 1.82) is 0 Å². The number of nitrogen functional groups attached to an aromatic ring is 1. The molecule has 116 valence electrons. The fraction of sp³-hybridized carbons (Fsp3) is 0.533. The van der Waals surface area contributed by atoms with Gasteiger partial charge < -0.3 is 16.2 Å². The quantitative estimate of drug-likeness (QED) is 0.718. The lowest BCUT2D eigenvalue weighted by Crippen LogP contribution is -2.45. The topological polar surface area (TPSA) is 78.6 Å². The normalized spacial score (nSPS) is 22.7. The molecule has 1 saturated carbocycles. The minimum absolute atomic E-state index is 0.0966. The van der Waals surface area contributed by atoms with Crippen LogP contribution < -0.4 is 11.1 Å². The summed E-state index contributed by atoms with van der Waals surface area (Å²) in [6.45, 7) is 2.51. The summed E-state index contributed by atoms with van der Waals surface area (Å²) in [4.78, 5) is 14.1. The minimum Gasteiger partial charge on any atom is -0.399 e. The van der Waals surface area contributed by atoms with Crippen LogP contribution in [0.15, 0.2) is 18.2 Å². The lowest BCUT2D eigenvalue weighted by Gasteiger charge is -2.36. The van der Waals surface area contributed by atoms with Gasteiger partial charge in [-0.05, 0) is 50.9 Å². The molecule has 0 aromatic heterocycles. The second kappa shape index (κ2) is 6.41. The molecule has 1 aromatic carbocycles. The molecule has 0 spiro atoms. The number of benzene rings is 1. The van der Waals surface area contributed by atoms with Gasteiger partial charge in [0.05, 0.1) is 17.8 Å². The number of nitrogens with zero attached hydrogens (tertiary/aromatic N) is 1. The van der Waals surface area contributed by atoms with Crippen molar-refractivity contribution in [3.63, 3.8) is 0 Å². The van der Waals surface area contributed by atoms with Crippen LogP contribution in [-0.4, -0.2) is 41.7 Å². The molecule has 0 saturated heterocycles. The van der Waals surface area contributed by atoms with Gasteiger partial charge >= 0.3 is 0 Å². The van der Waals surface area contributed by atoms with Gasteiger partial charge in [0.2, 0.25) is 5.91 Å². The van der Waals surface area contributed by atoms with Crippen molar-refractivity contribution in [3.05, 3.63) is 24.0 Å². The summed E-state index contributed by atoms with van der Waals surface area (Å²) in [7, 11) is 1.85. The summed E-state index contributed by atoms with van der Waals surface area (Å²) in [6.07, 6.45) is 1.36. The summed E-state index contributed by atoms with van der Waals surface area (Å²) in [6, 6.07) is 3.70. The number of nitrogens with one attached hydrogen (secondary N) is 1. The molecular formula is C15H22FN3O2. The zero-order valence-electron chi connectivity index (χ0n) is 12.3. The Bertz CT molecular complexity index is 518. The molecule has 4 N–H and O–H groups in total. The molecule has 1 atom stereocenters. The third kappa shape index (κ3) is 3.92. The molecule has 21 heavy (non-hydrogen) atoms. The van der Waals surface area contributed by atoms with E-state index in [-0.39, 0.29) is 23.7 Å². The minimum atomic E-state index is -0.505. The highest BCUT2D eigenvalue weighted by Crippen LogP contribution is 2.28. The van der Waals surface area contributed by atoms with Crippen molar-refractivity contribution in [2.75, 3.05) is 24.6 Å². The molecule has 1 fully saturated rings. The number of anilines is 2. The van der Waals surface area contributed by atoms with E-state index in [0.29, 0.717) is 11.6 Å². The van der Waals surface area contributed by atoms with Gasteiger partial charge in [-0.1, -0.05) is 0 Å². The largest absolute Gasteiger partial charge is 0.399 e. The van der Waals surface area contributed by atoms with Gasteiger partial charge in [0, 0.05) is 12.2 Å². The molecule has 1 unspecified atom stereocenters. The first-order valence-corrected chi connectivity index (χ1v) is 7.11. The first-order valence-electron chi connectivity index (χ1n) is 7.11. The van der Waals surface area contributed by atoms with Gasteiger partial charge in [-0.2, -0.15) is 0 Å². The summed E-state index contributed by atoms with van der Waals surface area (Å²) in [5.41, 5.74) is 6.09. The number of carbonyl (C=O) groups excluding carboxylic acids is 1. The van der Waals surface area contributed by atoms with Crippen LogP contribution in [0.3, 0.4) is 0 Å². The van der Waals surface area contributed by atoms with E-state index < -0.39 is 5.82 Å². The van der Waals surface area contributed by atoms with Gasteiger partial charge in [-0.15, -0.1) is 0 Å². The van der Waals surface area contributed by atoms with Crippen molar-refractivity contribution in [3.8, 4) is 0 Å². The van der Waals surface area contributed by atoms with Crippen LogP contribution in [0.4, 0.5) is 15.8 Å². The molecule has 0 radical (unpaired) electrons. The first kappa shape index (κ1) is 15.7. The first-order chi connectivity index (χ1) is 9.86. The maximum absolute atomic E-state index is 13.6. The molecule has 0 heterocycles. The van der Waals surface area contributed by atoms with Crippen molar-refractivity contribution in [2.24, 2.45) is 5.92 Å². The average Bonchev–Trinajstić information content (AvgIpc) is 2.40. The van der Waals surface area contributed by atoms with E-state index >= 15 is 0 Å². The third-order valence-electron chi connectivity index (χ3n) is 4.05. The smallest absolute Gasteiger partial charge is 0.241 e. The van der Waals surface area contributed by atoms with Gasteiger partial charge in [-0.3, -0.25) is 9.69 Å². The number of halogens is 1. The second-order valence-electron chi connectivity index (χ2n) is 5.84. The van der Waals surface area contributed by atoms with Crippen LogP contribution >= 0.6 is 0 Å². The molecule has 1 aliphatic rings. The van der Waals surface area contributed by atoms with Gasteiger partial charge in [0.15, 0.2) is 0 Å². The zero-order chi connectivity index (χ0) is 15.6. The SMILES string of the molecule is CC(C(=O)Nc1cc(N)ccc1F)N(C)CC1CC(O)C1. The number of carbonyl (C=O) groups is 1. The highest BCUT2D eigenvalue weighted by Gasteiger charge is 2.30. The van der Waals surface area contributed by atoms with Crippen LogP contribution in [-0.2, 0) is 4.79 Å². The number of nitrogens with two attached hydrogens (primary N) is 1. The third-order valence-corrected chi connectivity index (χ3v) is 4.05. The Hall–Kier alpha value is -1.66. The van der Waals surface area contributed by atoms with E-state index in [1.54, 1.807) is 6.92 Å².